The van der Waals surface area contributed by atoms with Gasteiger partial charge < -0.3 is 0 Å². The van der Waals surface area contributed by atoms with Crippen LogP contribution in [0.5, 0.6) is 0 Å². The third kappa shape index (κ3) is 2.76. The van der Waals surface area contributed by atoms with Gasteiger partial charge in [0.05, 0.1) is 4.47 Å². The maximum Gasteiger partial charge on any atom is 0.199 e. The molecular weight excluding hydrogens is 364 g/mol. The molecule has 1 saturated carbocycles. The van der Waals surface area contributed by atoms with Crippen molar-refractivity contribution in [3.8, 4) is 11.4 Å². The van der Waals surface area contributed by atoms with E-state index in [0.717, 1.165) is 33.9 Å². The van der Waals surface area contributed by atoms with Gasteiger partial charge in [0.2, 0.25) is 0 Å². The predicted octanol–water partition coefficient (Wildman–Crippen LogP) is 3.38. The van der Waals surface area contributed by atoms with Crippen LogP contribution >= 0.6 is 27.7 Å². The average Bonchev–Trinajstić information content (AvgIpc) is 3.31. The second-order valence-electron chi connectivity index (χ2n) is 4.93. The van der Waals surface area contributed by atoms with Crippen molar-refractivity contribution in [3.05, 3.63) is 41.4 Å². The Balaban J connectivity index is 1.71. The largest absolute Gasteiger partial charge is 0.299 e. The molecule has 3 aromatic heterocycles. The minimum atomic E-state index is 0.461. The Morgan fingerprint density at radius 3 is 2.64 bits per heavy atom. The first kappa shape index (κ1) is 13.8. The summed E-state index contributed by atoms with van der Waals surface area (Å²) in [5, 5.41) is 10.2. The predicted molar refractivity (Wildman–Crippen MR) is 85.4 cm³/mol. The molecule has 0 N–H and O–H groups in total. The molecule has 6 nitrogen and oxygen atoms in total. The molecule has 0 saturated heterocycles. The maximum absolute atomic E-state index is 4.35. The number of halogens is 1. The number of pyridine rings is 1. The highest BCUT2D eigenvalue weighted by atomic mass is 79.9. The first-order valence-electron chi connectivity index (χ1n) is 6.82. The molecule has 3 heterocycles. The molecule has 0 amide bonds. The van der Waals surface area contributed by atoms with Crippen molar-refractivity contribution in [1.29, 1.82) is 0 Å². The summed E-state index contributed by atoms with van der Waals surface area (Å²) in [7, 11) is 0. The van der Waals surface area contributed by atoms with Crippen molar-refractivity contribution in [3.63, 3.8) is 0 Å². The molecule has 8 heteroatoms. The lowest BCUT2D eigenvalue weighted by Crippen LogP contribution is -2.00. The Morgan fingerprint density at radius 2 is 1.95 bits per heavy atom. The molecule has 0 aliphatic heterocycles. The van der Waals surface area contributed by atoms with Gasteiger partial charge in [-0.3, -0.25) is 9.55 Å². The van der Waals surface area contributed by atoms with Crippen LogP contribution in [0.4, 0.5) is 0 Å². The standard InChI is InChI=1S/C14H11BrN6S/c15-10-7-17-13(18-8-10)22-14-20-19-12(21(14)11-3-4-11)9-2-1-5-16-6-9/h1-2,5-8,11H,3-4H2. The van der Waals surface area contributed by atoms with Crippen molar-refractivity contribution < 1.29 is 0 Å². The average molecular weight is 375 g/mol. The van der Waals surface area contributed by atoms with E-state index in [1.165, 1.54) is 11.8 Å². The highest BCUT2D eigenvalue weighted by Gasteiger charge is 2.30. The van der Waals surface area contributed by atoms with Crippen LogP contribution in [-0.2, 0) is 0 Å². The molecule has 1 fully saturated rings. The van der Waals surface area contributed by atoms with Gasteiger partial charge in [0.1, 0.15) is 0 Å². The van der Waals surface area contributed by atoms with Crippen LogP contribution in [0.2, 0.25) is 0 Å². The van der Waals surface area contributed by atoms with Gasteiger partial charge in [-0.1, -0.05) is 0 Å². The lowest BCUT2D eigenvalue weighted by Gasteiger charge is -2.07. The molecule has 110 valence electrons. The fourth-order valence-corrected chi connectivity index (χ4v) is 3.13. The summed E-state index contributed by atoms with van der Waals surface area (Å²) >= 11 is 4.77. The molecule has 4 rings (SSSR count). The molecule has 1 aliphatic rings. The normalized spacial score (nSPS) is 14.2. The van der Waals surface area contributed by atoms with Gasteiger partial charge in [-0.25, -0.2) is 9.97 Å². The monoisotopic (exact) mass is 374 g/mol. The molecular formula is C14H11BrN6S. The van der Waals surface area contributed by atoms with Gasteiger partial charge >= 0.3 is 0 Å². The van der Waals surface area contributed by atoms with Gasteiger partial charge in [-0.15, -0.1) is 10.2 Å². The van der Waals surface area contributed by atoms with E-state index in [1.807, 2.05) is 18.3 Å². The van der Waals surface area contributed by atoms with Crippen LogP contribution in [0.15, 0.2) is 51.7 Å². The second kappa shape index (κ2) is 5.77. The van der Waals surface area contributed by atoms with E-state index in [-0.39, 0.29) is 0 Å². The minimum Gasteiger partial charge on any atom is -0.299 e. The van der Waals surface area contributed by atoms with Crippen LogP contribution in [0.25, 0.3) is 11.4 Å². The zero-order valence-electron chi connectivity index (χ0n) is 11.4. The molecule has 0 aromatic carbocycles. The minimum absolute atomic E-state index is 0.461. The number of hydrogen-bond acceptors (Lipinski definition) is 6. The summed E-state index contributed by atoms with van der Waals surface area (Å²) in [6, 6.07) is 4.37. The number of nitrogens with zero attached hydrogens (tertiary/aromatic N) is 6. The molecule has 0 radical (unpaired) electrons. The summed E-state index contributed by atoms with van der Waals surface area (Å²) in [5.41, 5.74) is 0.977. The lowest BCUT2D eigenvalue weighted by molar-refractivity contribution is 0.667. The summed E-state index contributed by atoms with van der Waals surface area (Å²) in [5.74, 6) is 0.857. The van der Waals surface area contributed by atoms with Crippen molar-refractivity contribution in [2.24, 2.45) is 0 Å². The fourth-order valence-electron chi connectivity index (χ4n) is 2.14. The van der Waals surface area contributed by atoms with Gasteiger partial charge in [0.15, 0.2) is 16.1 Å². The van der Waals surface area contributed by atoms with Crippen molar-refractivity contribution in [2.45, 2.75) is 29.2 Å². The van der Waals surface area contributed by atoms with E-state index in [4.69, 9.17) is 0 Å². The third-order valence-electron chi connectivity index (χ3n) is 3.28. The van der Waals surface area contributed by atoms with Crippen molar-refractivity contribution in [1.82, 2.24) is 29.7 Å². The summed E-state index contributed by atoms with van der Waals surface area (Å²) in [6.07, 6.45) is 9.34. The van der Waals surface area contributed by atoms with Crippen LogP contribution < -0.4 is 0 Å². The Kier molecular flexibility index (Phi) is 3.63. The highest BCUT2D eigenvalue weighted by Crippen LogP contribution is 2.41. The summed E-state index contributed by atoms with van der Waals surface area (Å²) in [4.78, 5) is 12.7. The van der Waals surface area contributed by atoms with Gasteiger partial charge in [-0.2, -0.15) is 0 Å². The molecule has 3 aromatic rings. The van der Waals surface area contributed by atoms with Gasteiger partial charge in [0, 0.05) is 36.4 Å². The summed E-state index contributed by atoms with van der Waals surface area (Å²) in [6.45, 7) is 0. The smallest absolute Gasteiger partial charge is 0.199 e. The molecule has 0 bridgehead atoms. The second-order valence-corrected chi connectivity index (χ2v) is 6.79. The van der Waals surface area contributed by atoms with E-state index in [2.05, 4.69) is 45.6 Å². The Bertz CT molecular complexity index is 785. The third-order valence-corrected chi connectivity index (χ3v) is 4.54. The van der Waals surface area contributed by atoms with Crippen LogP contribution in [0.1, 0.15) is 18.9 Å². The van der Waals surface area contributed by atoms with E-state index in [0.29, 0.717) is 11.2 Å². The SMILES string of the molecule is Brc1cnc(Sc2nnc(-c3cccnc3)n2C2CC2)nc1. The zero-order chi connectivity index (χ0) is 14.9. The van der Waals surface area contributed by atoms with E-state index in [9.17, 15) is 0 Å². The highest BCUT2D eigenvalue weighted by molar-refractivity contribution is 9.10. The lowest BCUT2D eigenvalue weighted by atomic mass is 10.3. The van der Waals surface area contributed by atoms with E-state index < -0.39 is 0 Å². The Labute approximate surface area is 139 Å². The molecule has 22 heavy (non-hydrogen) atoms. The molecule has 0 spiro atoms. The Morgan fingerprint density at radius 1 is 1.14 bits per heavy atom. The maximum atomic E-state index is 4.35. The van der Waals surface area contributed by atoms with Crippen LogP contribution in [0, 0.1) is 0 Å². The quantitative estimate of drug-likeness (QED) is 0.652. The molecule has 0 unspecified atom stereocenters. The fraction of sp³-hybridized carbons (Fsp3) is 0.214. The first-order chi connectivity index (χ1) is 10.8. The molecule has 0 atom stereocenters. The topological polar surface area (TPSA) is 69.4 Å². The van der Waals surface area contributed by atoms with Crippen molar-refractivity contribution in [2.75, 3.05) is 0 Å². The van der Waals surface area contributed by atoms with Crippen LogP contribution in [0.3, 0.4) is 0 Å². The van der Waals surface area contributed by atoms with Crippen molar-refractivity contribution >= 4 is 27.7 Å². The summed E-state index contributed by atoms with van der Waals surface area (Å²) < 4.78 is 3.03. The number of rotatable bonds is 4. The number of hydrogen-bond donors (Lipinski definition) is 0. The van der Waals surface area contributed by atoms with E-state index in [1.54, 1.807) is 18.6 Å². The number of aromatic nitrogens is 6. The Hall–Kier alpha value is -1.80. The van der Waals surface area contributed by atoms with Crippen LogP contribution in [-0.4, -0.2) is 29.7 Å². The van der Waals surface area contributed by atoms with Gasteiger partial charge in [-0.05, 0) is 52.7 Å². The molecule has 1 aliphatic carbocycles. The first-order valence-corrected chi connectivity index (χ1v) is 8.43. The van der Waals surface area contributed by atoms with Gasteiger partial charge in [0.25, 0.3) is 0 Å². The van der Waals surface area contributed by atoms with E-state index >= 15 is 0 Å². The zero-order valence-corrected chi connectivity index (χ0v) is 13.8.